The van der Waals surface area contributed by atoms with Gasteiger partial charge >= 0.3 is 0 Å². The summed E-state index contributed by atoms with van der Waals surface area (Å²) in [5, 5.41) is 6.07. The minimum Gasteiger partial charge on any atom is -0.352 e. The summed E-state index contributed by atoms with van der Waals surface area (Å²) in [6.45, 7) is 7.43. The number of nitrogens with zero attached hydrogens (tertiary/aromatic N) is 1. The highest BCUT2D eigenvalue weighted by atomic mass is 16.2. The molecule has 170 valence electrons. The van der Waals surface area contributed by atoms with Crippen molar-refractivity contribution in [3.63, 3.8) is 0 Å². The average Bonchev–Trinajstić information content (AvgIpc) is 3.32. The number of rotatable bonds is 7. The fraction of sp³-hybridized carbons (Fsp3) is 0.640. The number of likely N-dealkylation sites (tertiary alicyclic amines) is 1. The Morgan fingerprint density at radius 3 is 2.10 bits per heavy atom. The van der Waals surface area contributed by atoms with Crippen LogP contribution in [0.4, 0.5) is 0 Å². The molecule has 1 heterocycles. The van der Waals surface area contributed by atoms with Gasteiger partial charge in [0.2, 0.25) is 11.8 Å². The number of amides is 3. The molecule has 1 saturated carbocycles. The lowest BCUT2D eigenvalue weighted by atomic mass is 9.87. The van der Waals surface area contributed by atoms with Crippen molar-refractivity contribution in [1.29, 1.82) is 0 Å². The second kappa shape index (κ2) is 10.8. The van der Waals surface area contributed by atoms with Gasteiger partial charge in [-0.15, -0.1) is 0 Å². The van der Waals surface area contributed by atoms with Gasteiger partial charge < -0.3 is 15.5 Å². The molecule has 1 aromatic carbocycles. The van der Waals surface area contributed by atoms with Crippen LogP contribution in [0.3, 0.4) is 0 Å². The lowest BCUT2D eigenvalue weighted by molar-refractivity contribution is -0.137. The van der Waals surface area contributed by atoms with Crippen LogP contribution in [0.1, 0.15) is 69.7 Å². The van der Waals surface area contributed by atoms with Crippen LogP contribution in [0, 0.1) is 17.8 Å². The highest BCUT2D eigenvalue weighted by Gasteiger charge is 2.36. The van der Waals surface area contributed by atoms with Crippen LogP contribution in [-0.2, 0) is 9.59 Å². The molecule has 6 nitrogen and oxygen atoms in total. The number of nitrogens with one attached hydrogen (secondary N) is 2. The molecule has 0 radical (unpaired) electrons. The van der Waals surface area contributed by atoms with E-state index < -0.39 is 6.04 Å². The maximum absolute atomic E-state index is 13.1. The van der Waals surface area contributed by atoms with Gasteiger partial charge in [0, 0.05) is 30.6 Å². The highest BCUT2D eigenvalue weighted by molar-refractivity contribution is 5.97. The molecule has 31 heavy (non-hydrogen) atoms. The molecular formula is C25H37N3O3. The first-order valence-corrected chi connectivity index (χ1v) is 11.8. The number of hydrogen-bond donors (Lipinski definition) is 2. The van der Waals surface area contributed by atoms with E-state index in [1.165, 1.54) is 0 Å². The Balaban J connectivity index is 1.66. The Labute approximate surface area is 186 Å². The van der Waals surface area contributed by atoms with E-state index in [0.717, 1.165) is 38.5 Å². The maximum Gasteiger partial charge on any atom is 0.251 e. The van der Waals surface area contributed by atoms with Gasteiger partial charge in [-0.3, -0.25) is 14.4 Å². The van der Waals surface area contributed by atoms with Crippen molar-refractivity contribution in [3.8, 4) is 0 Å². The summed E-state index contributed by atoms with van der Waals surface area (Å²) >= 11 is 0. The molecule has 0 spiro atoms. The Kier molecular flexibility index (Phi) is 8.10. The fourth-order valence-corrected chi connectivity index (χ4v) is 4.58. The summed E-state index contributed by atoms with van der Waals surface area (Å²) in [6.07, 6.45) is 5.75. The smallest absolute Gasteiger partial charge is 0.251 e. The van der Waals surface area contributed by atoms with Crippen LogP contribution in [0.25, 0.3) is 0 Å². The largest absolute Gasteiger partial charge is 0.352 e. The normalized spacial score (nSPS) is 19.8. The predicted molar refractivity (Wildman–Crippen MR) is 121 cm³/mol. The molecule has 2 aliphatic rings. The van der Waals surface area contributed by atoms with Gasteiger partial charge in [-0.05, 0) is 56.6 Å². The zero-order valence-corrected chi connectivity index (χ0v) is 19.1. The topological polar surface area (TPSA) is 78.5 Å². The highest BCUT2D eigenvalue weighted by Crippen LogP contribution is 2.29. The van der Waals surface area contributed by atoms with Crippen molar-refractivity contribution >= 4 is 17.7 Å². The molecule has 0 aromatic heterocycles. The summed E-state index contributed by atoms with van der Waals surface area (Å²) in [6, 6.07) is 8.43. The van der Waals surface area contributed by atoms with Crippen molar-refractivity contribution in [2.45, 2.75) is 71.4 Å². The molecule has 1 aromatic rings. The average molecular weight is 428 g/mol. The molecule has 0 bridgehead atoms. The zero-order chi connectivity index (χ0) is 22.4. The molecule has 2 atom stereocenters. The third-order valence-corrected chi connectivity index (χ3v) is 7.00. The maximum atomic E-state index is 13.1. The Hall–Kier alpha value is -2.37. The summed E-state index contributed by atoms with van der Waals surface area (Å²) in [5.41, 5.74) is 0.547. The number of hydrogen-bond acceptors (Lipinski definition) is 3. The molecule has 1 aliphatic carbocycles. The molecule has 3 amide bonds. The van der Waals surface area contributed by atoms with Crippen LogP contribution >= 0.6 is 0 Å². The predicted octanol–water partition coefficient (Wildman–Crippen LogP) is 3.37. The van der Waals surface area contributed by atoms with Crippen LogP contribution in [0.5, 0.6) is 0 Å². The third-order valence-electron chi connectivity index (χ3n) is 7.00. The van der Waals surface area contributed by atoms with E-state index in [-0.39, 0.29) is 35.6 Å². The molecule has 2 fully saturated rings. The van der Waals surface area contributed by atoms with E-state index in [9.17, 15) is 14.4 Å². The molecule has 0 unspecified atom stereocenters. The molecule has 3 rings (SSSR count). The van der Waals surface area contributed by atoms with Crippen LogP contribution in [0.15, 0.2) is 30.3 Å². The third kappa shape index (κ3) is 6.08. The standard InChI is InChI=1S/C25H37N3O3/c1-17(2)18(3)26-24(30)22(27-23(29)20-9-5-4-6-10-20)19-13-15-28(16-14-19)25(31)21-11-7-8-12-21/h4-6,9-10,17-19,21-22H,7-8,11-16H2,1-3H3,(H,26,30)(H,27,29)/t18-,22-/m1/s1. The van der Waals surface area contributed by atoms with Crippen molar-refractivity contribution in [1.82, 2.24) is 15.5 Å². The van der Waals surface area contributed by atoms with Crippen molar-refractivity contribution < 1.29 is 14.4 Å². The summed E-state index contributed by atoms with van der Waals surface area (Å²) in [7, 11) is 0. The van der Waals surface area contributed by atoms with Gasteiger partial charge in [0.15, 0.2) is 0 Å². The van der Waals surface area contributed by atoms with Gasteiger partial charge in [0.1, 0.15) is 6.04 Å². The SMILES string of the molecule is CC(C)[C@@H](C)NC(=O)[C@H](NC(=O)c1ccccc1)C1CCN(C(=O)C2CCCC2)CC1. The van der Waals surface area contributed by atoms with Crippen LogP contribution in [-0.4, -0.2) is 47.8 Å². The Morgan fingerprint density at radius 1 is 0.903 bits per heavy atom. The van der Waals surface area contributed by atoms with E-state index in [0.29, 0.717) is 24.6 Å². The number of piperidine rings is 1. The molecule has 1 aliphatic heterocycles. The van der Waals surface area contributed by atoms with Crippen LogP contribution < -0.4 is 10.6 Å². The molecule has 6 heteroatoms. The molecule has 2 N–H and O–H groups in total. The number of carbonyl (C=O) groups is 3. The first-order chi connectivity index (χ1) is 14.9. The van der Waals surface area contributed by atoms with Gasteiger partial charge in [0.25, 0.3) is 5.91 Å². The summed E-state index contributed by atoms with van der Waals surface area (Å²) < 4.78 is 0. The Morgan fingerprint density at radius 2 is 1.52 bits per heavy atom. The molecular weight excluding hydrogens is 390 g/mol. The fourth-order valence-electron chi connectivity index (χ4n) is 4.58. The summed E-state index contributed by atoms with van der Waals surface area (Å²) in [4.78, 5) is 40.7. The van der Waals surface area contributed by atoms with Crippen molar-refractivity contribution in [2.75, 3.05) is 13.1 Å². The van der Waals surface area contributed by atoms with E-state index in [4.69, 9.17) is 0 Å². The van der Waals surface area contributed by atoms with Crippen LogP contribution in [0.2, 0.25) is 0 Å². The van der Waals surface area contributed by atoms with E-state index in [1.807, 2.05) is 30.0 Å². The number of carbonyl (C=O) groups excluding carboxylic acids is 3. The Bertz CT molecular complexity index is 751. The first-order valence-electron chi connectivity index (χ1n) is 11.8. The number of benzene rings is 1. The first kappa shape index (κ1) is 23.3. The van der Waals surface area contributed by atoms with Gasteiger partial charge in [-0.25, -0.2) is 0 Å². The van der Waals surface area contributed by atoms with Crippen molar-refractivity contribution in [3.05, 3.63) is 35.9 Å². The monoisotopic (exact) mass is 427 g/mol. The lowest BCUT2D eigenvalue weighted by Crippen LogP contribution is -2.55. The van der Waals surface area contributed by atoms with E-state index >= 15 is 0 Å². The van der Waals surface area contributed by atoms with Gasteiger partial charge in [0.05, 0.1) is 0 Å². The minimum atomic E-state index is -0.599. The quantitative estimate of drug-likeness (QED) is 0.700. The van der Waals surface area contributed by atoms with E-state index in [2.05, 4.69) is 24.5 Å². The lowest BCUT2D eigenvalue weighted by Gasteiger charge is -2.37. The van der Waals surface area contributed by atoms with Gasteiger partial charge in [-0.2, -0.15) is 0 Å². The van der Waals surface area contributed by atoms with E-state index in [1.54, 1.807) is 12.1 Å². The van der Waals surface area contributed by atoms with Crippen molar-refractivity contribution in [2.24, 2.45) is 17.8 Å². The van der Waals surface area contributed by atoms with Gasteiger partial charge in [-0.1, -0.05) is 44.9 Å². The summed E-state index contributed by atoms with van der Waals surface area (Å²) in [5.74, 6) is 0.410. The minimum absolute atomic E-state index is 0.0136. The second-order valence-electron chi connectivity index (χ2n) is 9.50. The molecule has 1 saturated heterocycles. The second-order valence-corrected chi connectivity index (χ2v) is 9.50. The zero-order valence-electron chi connectivity index (χ0n) is 19.1.